The summed E-state index contributed by atoms with van der Waals surface area (Å²) in [6, 6.07) is 7.77. The van der Waals surface area contributed by atoms with E-state index in [9.17, 15) is 0 Å². The molecule has 0 aliphatic heterocycles. The molecule has 1 aromatic carbocycles. The number of nitrogen functional groups attached to an aromatic ring is 2. The first kappa shape index (κ1) is 14.8. The number of anilines is 3. The van der Waals surface area contributed by atoms with Gasteiger partial charge in [-0.05, 0) is 24.3 Å². The van der Waals surface area contributed by atoms with E-state index >= 15 is 0 Å². The van der Waals surface area contributed by atoms with E-state index in [4.69, 9.17) is 16.2 Å². The minimum absolute atomic E-state index is 0.0902. The van der Waals surface area contributed by atoms with Crippen LogP contribution in [0.15, 0.2) is 30.5 Å². The molecule has 118 valence electrons. The van der Waals surface area contributed by atoms with Crippen LogP contribution in [0.3, 0.4) is 0 Å². The minimum Gasteiger partial charge on any atom is -0.497 e. The van der Waals surface area contributed by atoms with E-state index in [-0.39, 0.29) is 11.8 Å². The maximum Gasteiger partial charge on any atom is 0.224 e. The number of methoxy groups -OCH3 is 1. The Labute approximate surface area is 133 Å². The van der Waals surface area contributed by atoms with Crippen molar-refractivity contribution >= 4 is 28.6 Å². The standard InChI is InChI=1S/C15H17N7O/c1-22(10-3-5-11(23-2)6-4-10)8-9-7-18-14-12(19-9)13(16)20-15(17)21-14/h3-7H,8H2,1-2H3,(H4,16,17,18,20,21). The average Bonchev–Trinajstić information content (AvgIpc) is 2.55. The molecule has 0 aliphatic rings. The smallest absolute Gasteiger partial charge is 0.224 e. The average molecular weight is 311 g/mol. The molecule has 0 amide bonds. The molecule has 0 radical (unpaired) electrons. The number of ether oxygens (including phenoxy) is 1. The maximum atomic E-state index is 5.84. The van der Waals surface area contributed by atoms with Crippen molar-refractivity contribution in [3.05, 3.63) is 36.2 Å². The molecule has 0 atom stereocenters. The Bertz CT molecular complexity index is 835. The van der Waals surface area contributed by atoms with Crippen molar-refractivity contribution in [3.8, 4) is 5.75 Å². The van der Waals surface area contributed by atoms with Gasteiger partial charge in [0.05, 0.1) is 25.5 Å². The second kappa shape index (κ2) is 5.91. The molecule has 8 heteroatoms. The lowest BCUT2D eigenvalue weighted by molar-refractivity contribution is 0.415. The van der Waals surface area contributed by atoms with Crippen molar-refractivity contribution in [2.24, 2.45) is 0 Å². The molecule has 0 unspecified atom stereocenters. The molecule has 3 rings (SSSR count). The van der Waals surface area contributed by atoms with Gasteiger partial charge in [-0.15, -0.1) is 0 Å². The summed E-state index contributed by atoms with van der Waals surface area (Å²) in [5.74, 6) is 1.14. The fraction of sp³-hybridized carbons (Fsp3) is 0.200. The molecule has 8 nitrogen and oxygen atoms in total. The van der Waals surface area contributed by atoms with Crippen LogP contribution in [-0.2, 0) is 6.54 Å². The van der Waals surface area contributed by atoms with Crippen molar-refractivity contribution in [3.63, 3.8) is 0 Å². The second-order valence-electron chi connectivity index (χ2n) is 5.05. The molecular formula is C15H17N7O. The van der Waals surface area contributed by atoms with Gasteiger partial charge in [-0.25, -0.2) is 9.97 Å². The maximum absolute atomic E-state index is 5.84. The molecular weight excluding hydrogens is 294 g/mol. The molecule has 0 spiro atoms. The first-order valence-electron chi connectivity index (χ1n) is 6.96. The predicted octanol–water partition coefficient (Wildman–Crippen LogP) is 1.23. The largest absolute Gasteiger partial charge is 0.497 e. The van der Waals surface area contributed by atoms with Crippen LogP contribution in [0.25, 0.3) is 11.2 Å². The summed E-state index contributed by atoms with van der Waals surface area (Å²) in [5, 5.41) is 0. The van der Waals surface area contributed by atoms with Gasteiger partial charge in [0, 0.05) is 12.7 Å². The van der Waals surface area contributed by atoms with E-state index in [0.29, 0.717) is 17.7 Å². The molecule has 4 N–H and O–H groups in total. The first-order valence-corrected chi connectivity index (χ1v) is 6.96. The van der Waals surface area contributed by atoms with E-state index in [1.165, 1.54) is 0 Å². The van der Waals surface area contributed by atoms with Gasteiger partial charge in [-0.2, -0.15) is 9.97 Å². The van der Waals surface area contributed by atoms with Crippen molar-refractivity contribution in [1.29, 1.82) is 0 Å². The Kier molecular flexibility index (Phi) is 3.80. The molecule has 0 aliphatic carbocycles. The topological polar surface area (TPSA) is 116 Å². The lowest BCUT2D eigenvalue weighted by atomic mass is 10.2. The van der Waals surface area contributed by atoms with Crippen LogP contribution in [0.4, 0.5) is 17.5 Å². The number of hydrogen-bond acceptors (Lipinski definition) is 8. The number of hydrogen-bond donors (Lipinski definition) is 2. The SMILES string of the molecule is COc1ccc(N(C)Cc2cnc3nc(N)nc(N)c3n2)cc1. The lowest BCUT2D eigenvalue weighted by Gasteiger charge is -2.19. The van der Waals surface area contributed by atoms with Gasteiger partial charge >= 0.3 is 0 Å². The summed E-state index contributed by atoms with van der Waals surface area (Å²) < 4.78 is 5.16. The van der Waals surface area contributed by atoms with Crippen LogP contribution in [0.1, 0.15) is 5.69 Å². The van der Waals surface area contributed by atoms with Gasteiger partial charge in [-0.3, -0.25) is 0 Å². The highest BCUT2D eigenvalue weighted by molar-refractivity contribution is 5.81. The number of benzene rings is 1. The quantitative estimate of drug-likeness (QED) is 0.739. The Morgan fingerprint density at radius 1 is 1.09 bits per heavy atom. The van der Waals surface area contributed by atoms with Gasteiger partial charge in [0.2, 0.25) is 5.95 Å². The van der Waals surface area contributed by atoms with Crippen LogP contribution >= 0.6 is 0 Å². The number of rotatable bonds is 4. The van der Waals surface area contributed by atoms with Crippen molar-refractivity contribution in [2.75, 3.05) is 30.5 Å². The van der Waals surface area contributed by atoms with Crippen molar-refractivity contribution in [2.45, 2.75) is 6.54 Å². The molecule has 0 saturated carbocycles. The number of nitrogens with zero attached hydrogens (tertiary/aromatic N) is 5. The molecule has 0 fully saturated rings. The van der Waals surface area contributed by atoms with Gasteiger partial charge in [0.15, 0.2) is 17.0 Å². The van der Waals surface area contributed by atoms with Gasteiger partial charge in [0.1, 0.15) is 5.75 Å². The fourth-order valence-electron chi connectivity index (χ4n) is 2.23. The highest BCUT2D eigenvalue weighted by atomic mass is 16.5. The van der Waals surface area contributed by atoms with Crippen LogP contribution in [0.2, 0.25) is 0 Å². The van der Waals surface area contributed by atoms with Crippen LogP contribution in [0, 0.1) is 0 Å². The summed E-state index contributed by atoms with van der Waals surface area (Å²) >= 11 is 0. The van der Waals surface area contributed by atoms with Crippen LogP contribution < -0.4 is 21.1 Å². The van der Waals surface area contributed by atoms with E-state index in [2.05, 4.69) is 19.9 Å². The summed E-state index contributed by atoms with van der Waals surface area (Å²) in [6.45, 7) is 0.569. The number of nitrogens with two attached hydrogens (primary N) is 2. The zero-order valence-corrected chi connectivity index (χ0v) is 12.9. The van der Waals surface area contributed by atoms with E-state index in [1.54, 1.807) is 13.3 Å². The van der Waals surface area contributed by atoms with Gasteiger partial charge < -0.3 is 21.1 Å². The Morgan fingerprint density at radius 3 is 2.52 bits per heavy atom. The summed E-state index contributed by atoms with van der Waals surface area (Å²) in [4.78, 5) is 18.7. The molecule has 0 saturated heterocycles. The fourth-order valence-corrected chi connectivity index (χ4v) is 2.23. The Hall–Kier alpha value is -3.16. The second-order valence-corrected chi connectivity index (χ2v) is 5.05. The number of fused-ring (bicyclic) bond motifs is 1. The zero-order valence-electron chi connectivity index (χ0n) is 12.9. The Morgan fingerprint density at radius 2 is 1.83 bits per heavy atom. The third kappa shape index (κ3) is 3.05. The summed E-state index contributed by atoms with van der Waals surface area (Å²) in [6.07, 6.45) is 1.66. The van der Waals surface area contributed by atoms with E-state index in [1.807, 2.05) is 36.2 Å². The first-order chi connectivity index (χ1) is 11.1. The zero-order chi connectivity index (χ0) is 16.4. The van der Waals surface area contributed by atoms with E-state index < -0.39 is 0 Å². The van der Waals surface area contributed by atoms with Crippen molar-refractivity contribution in [1.82, 2.24) is 19.9 Å². The molecule has 23 heavy (non-hydrogen) atoms. The molecule has 2 aromatic heterocycles. The monoisotopic (exact) mass is 311 g/mol. The lowest BCUT2D eigenvalue weighted by Crippen LogP contribution is -2.17. The van der Waals surface area contributed by atoms with Gasteiger partial charge in [-0.1, -0.05) is 0 Å². The minimum atomic E-state index is 0.0902. The Balaban J connectivity index is 1.85. The van der Waals surface area contributed by atoms with Crippen LogP contribution in [-0.4, -0.2) is 34.1 Å². The third-order valence-electron chi connectivity index (χ3n) is 3.41. The highest BCUT2D eigenvalue weighted by Crippen LogP contribution is 2.20. The van der Waals surface area contributed by atoms with E-state index in [0.717, 1.165) is 17.1 Å². The normalized spacial score (nSPS) is 10.7. The highest BCUT2D eigenvalue weighted by Gasteiger charge is 2.09. The van der Waals surface area contributed by atoms with Crippen molar-refractivity contribution < 1.29 is 4.74 Å². The third-order valence-corrected chi connectivity index (χ3v) is 3.41. The molecule has 2 heterocycles. The molecule has 0 bridgehead atoms. The van der Waals surface area contributed by atoms with Crippen LogP contribution in [0.5, 0.6) is 5.75 Å². The molecule has 3 aromatic rings. The number of aromatic nitrogens is 4. The predicted molar refractivity (Wildman–Crippen MR) is 89.1 cm³/mol. The summed E-state index contributed by atoms with van der Waals surface area (Å²) in [5.41, 5.74) is 14.0. The van der Waals surface area contributed by atoms with Gasteiger partial charge in [0.25, 0.3) is 0 Å². The summed E-state index contributed by atoms with van der Waals surface area (Å²) in [7, 11) is 3.61.